The number of carboxylic acid groups (broad SMARTS) is 1. The van der Waals surface area contributed by atoms with Gasteiger partial charge in [0, 0.05) is 37.9 Å². The summed E-state index contributed by atoms with van der Waals surface area (Å²) in [6, 6.07) is 10.6. The van der Waals surface area contributed by atoms with Crippen LogP contribution in [0.15, 0.2) is 42.6 Å². The van der Waals surface area contributed by atoms with Gasteiger partial charge >= 0.3 is 6.09 Å². The normalized spacial score (nSPS) is 13.5. The summed E-state index contributed by atoms with van der Waals surface area (Å²) in [5.41, 5.74) is 1.71. The fourth-order valence-corrected chi connectivity index (χ4v) is 2.79. The van der Waals surface area contributed by atoms with Crippen LogP contribution >= 0.6 is 0 Å². The lowest BCUT2D eigenvalue weighted by molar-refractivity contribution is 0.0625. The summed E-state index contributed by atoms with van der Waals surface area (Å²) in [6.45, 7) is 1.35. The third kappa shape index (κ3) is 4.36. The Morgan fingerprint density at radius 1 is 1.07 bits per heavy atom. The summed E-state index contributed by atoms with van der Waals surface area (Å²) in [6.07, 6.45) is 0.705. The largest absolute Gasteiger partial charge is 0.495 e. The van der Waals surface area contributed by atoms with Gasteiger partial charge < -0.3 is 19.6 Å². The van der Waals surface area contributed by atoms with Crippen molar-refractivity contribution >= 4 is 12.0 Å². The number of benzene rings is 1. The fraction of sp³-hybridized carbons (Fsp3) is 0.250. The van der Waals surface area contributed by atoms with E-state index in [0.717, 1.165) is 0 Å². The van der Waals surface area contributed by atoms with Crippen molar-refractivity contribution in [2.75, 3.05) is 33.3 Å². The minimum Gasteiger partial charge on any atom is -0.495 e. The van der Waals surface area contributed by atoms with Crippen molar-refractivity contribution in [3.63, 3.8) is 0 Å². The number of hydrogen-bond acceptors (Lipinski definition) is 4. The Hall–Kier alpha value is -3.53. The lowest BCUT2D eigenvalue weighted by atomic mass is 10.1. The lowest BCUT2D eigenvalue weighted by Gasteiger charge is -2.33. The molecule has 0 spiro atoms. The average Bonchev–Trinajstić information content (AvgIpc) is 2.72. The van der Waals surface area contributed by atoms with Crippen LogP contribution in [0.2, 0.25) is 0 Å². The second-order valence-electron chi connectivity index (χ2n) is 5.94. The van der Waals surface area contributed by atoms with Gasteiger partial charge in [-0.2, -0.15) is 0 Å². The maximum absolute atomic E-state index is 12.8. The van der Waals surface area contributed by atoms with Gasteiger partial charge in [-0.05, 0) is 36.3 Å². The molecule has 7 nitrogen and oxygen atoms in total. The monoisotopic (exact) mass is 365 g/mol. The quantitative estimate of drug-likeness (QED) is 0.822. The van der Waals surface area contributed by atoms with E-state index in [-0.39, 0.29) is 5.91 Å². The Labute approximate surface area is 157 Å². The predicted octanol–water partition coefficient (Wildman–Crippen LogP) is 1.93. The number of carbonyl (C=O) groups excluding carboxylic acids is 1. The van der Waals surface area contributed by atoms with Crippen LogP contribution in [0.1, 0.15) is 21.6 Å². The Balaban J connectivity index is 1.80. The van der Waals surface area contributed by atoms with Crippen LogP contribution in [0.5, 0.6) is 5.75 Å². The molecule has 0 radical (unpaired) electrons. The van der Waals surface area contributed by atoms with E-state index in [4.69, 9.17) is 9.84 Å². The van der Waals surface area contributed by atoms with Crippen molar-refractivity contribution < 1.29 is 19.4 Å². The predicted molar refractivity (Wildman–Crippen MR) is 98.7 cm³/mol. The van der Waals surface area contributed by atoms with E-state index < -0.39 is 6.09 Å². The number of carbonyl (C=O) groups is 2. The molecule has 138 valence electrons. The van der Waals surface area contributed by atoms with Gasteiger partial charge in [0.05, 0.1) is 12.7 Å². The van der Waals surface area contributed by atoms with Crippen LogP contribution in [0, 0.1) is 11.8 Å². The van der Waals surface area contributed by atoms with Gasteiger partial charge in [0.25, 0.3) is 5.91 Å². The highest BCUT2D eigenvalue weighted by atomic mass is 16.5. The Bertz CT molecular complexity index is 894. The van der Waals surface area contributed by atoms with Crippen molar-refractivity contribution in [1.82, 2.24) is 14.8 Å². The maximum Gasteiger partial charge on any atom is 0.407 e. The molecule has 1 aliphatic heterocycles. The number of amides is 2. The number of pyridine rings is 1. The first kappa shape index (κ1) is 18.3. The molecule has 2 heterocycles. The molecule has 2 amide bonds. The number of methoxy groups -OCH3 is 1. The highest BCUT2D eigenvalue weighted by molar-refractivity contribution is 5.95. The maximum atomic E-state index is 12.8. The van der Waals surface area contributed by atoms with E-state index in [2.05, 4.69) is 16.8 Å². The highest BCUT2D eigenvalue weighted by Crippen LogP contribution is 2.20. The Kier molecular flexibility index (Phi) is 5.57. The molecule has 3 rings (SSSR count). The fourth-order valence-electron chi connectivity index (χ4n) is 2.79. The molecule has 0 unspecified atom stereocenters. The SMILES string of the molecule is COc1ccc(C(=O)N2CCN(C(=O)O)CC2)cc1C#Cc1ccccn1. The van der Waals surface area contributed by atoms with E-state index in [9.17, 15) is 9.59 Å². The van der Waals surface area contributed by atoms with Gasteiger partial charge in [-0.25, -0.2) is 9.78 Å². The first-order valence-electron chi connectivity index (χ1n) is 8.46. The Morgan fingerprint density at radius 2 is 1.81 bits per heavy atom. The summed E-state index contributed by atoms with van der Waals surface area (Å²) in [5.74, 6) is 6.39. The molecule has 0 saturated carbocycles. The van der Waals surface area contributed by atoms with Crippen molar-refractivity contribution in [2.24, 2.45) is 0 Å². The van der Waals surface area contributed by atoms with Crippen LogP contribution < -0.4 is 4.74 Å². The van der Waals surface area contributed by atoms with Crippen LogP contribution in [0.4, 0.5) is 4.79 Å². The number of ether oxygens (including phenoxy) is 1. The molecule has 0 bridgehead atoms. The average molecular weight is 365 g/mol. The molecule has 2 aromatic rings. The topological polar surface area (TPSA) is 83.0 Å². The number of aromatic nitrogens is 1. The summed E-state index contributed by atoms with van der Waals surface area (Å²) in [4.78, 5) is 30.9. The van der Waals surface area contributed by atoms with Gasteiger partial charge in [0.1, 0.15) is 11.4 Å². The van der Waals surface area contributed by atoms with Crippen molar-refractivity contribution in [3.05, 3.63) is 59.4 Å². The molecule has 1 saturated heterocycles. The molecule has 0 aliphatic carbocycles. The van der Waals surface area contributed by atoms with Gasteiger partial charge in [-0.1, -0.05) is 12.0 Å². The van der Waals surface area contributed by atoms with E-state index in [0.29, 0.717) is 48.7 Å². The third-order valence-corrected chi connectivity index (χ3v) is 4.27. The summed E-state index contributed by atoms with van der Waals surface area (Å²) >= 11 is 0. The smallest absolute Gasteiger partial charge is 0.407 e. The third-order valence-electron chi connectivity index (χ3n) is 4.27. The lowest BCUT2D eigenvalue weighted by Crippen LogP contribution is -2.50. The molecule has 1 aromatic heterocycles. The molecule has 1 aliphatic rings. The zero-order valence-corrected chi connectivity index (χ0v) is 14.9. The van der Waals surface area contributed by atoms with Gasteiger partial charge in [0.2, 0.25) is 0 Å². The molecule has 1 fully saturated rings. The first-order valence-corrected chi connectivity index (χ1v) is 8.46. The zero-order chi connectivity index (χ0) is 19.2. The summed E-state index contributed by atoms with van der Waals surface area (Å²) in [7, 11) is 1.55. The highest BCUT2D eigenvalue weighted by Gasteiger charge is 2.24. The van der Waals surface area contributed by atoms with E-state index in [1.807, 2.05) is 12.1 Å². The molecular weight excluding hydrogens is 346 g/mol. The van der Waals surface area contributed by atoms with E-state index in [1.54, 1.807) is 42.5 Å². The number of piperazine rings is 1. The second-order valence-corrected chi connectivity index (χ2v) is 5.94. The van der Waals surface area contributed by atoms with Gasteiger partial charge in [0.15, 0.2) is 0 Å². The summed E-state index contributed by atoms with van der Waals surface area (Å²) < 4.78 is 5.33. The van der Waals surface area contributed by atoms with Crippen LogP contribution in [-0.2, 0) is 0 Å². The summed E-state index contributed by atoms with van der Waals surface area (Å²) in [5, 5.41) is 9.02. The second kappa shape index (κ2) is 8.23. The Morgan fingerprint density at radius 3 is 2.44 bits per heavy atom. The van der Waals surface area contributed by atoms with Crippen molar-refractivity contribution in [3.8, 4) is 17.6 Å². The molecule has 0 atom stereocenters. The van der Waals surface area contributed by atoms with Crippen molar-refractivity contribution in [2.45, 2.75) is 0 Å². The van der Waals surface area contributed by atoms with Crippen LogP contribution in [-0.4, -0.2) is 65.2 Å². The van der Waals surface area contributed by atoms with E-state index >= 15 is 0 Å². The molecule has 1 N–H and O–H groups in total. The number of nitrogens with zero attached hydrogens (tertiary/aromatic N) is 3. The number of hydrogen-bond donors (Lipinski definition) is 1. The standard InChI is InChI=1S/C20H19N3O4/c1-27-18-8-6-16(14-15(18)5-7-17-4-2-3-9-21-17)19(24)22-10-12-23(13-11-22)20(25)26/h2-4,6,8-9,14H,10-13H2,1H3,(H,25,26). The van der Waals surface area contributed by atoms with Crippen LogP contribution in [0.25, 0.3) is 0 Å². The first-order chi connectivity index (χ1) is 13.1. The van der Waals surface area contributed by atoms with Gasteiger partial charge in [-0.15, -0.1) is 0 Å². The minimum absolute atomic E-state index is 0.149. The van der Waals surface area contributed by atoms with E-state index in [1.165, 1.54) is 4.90 Å². The molecular formula is C20H19N3O4. The number of rotatable bonds is 2. The minimum atomic E-state index is -0.960. The van der Waals surface area contributed by atoms with Gasteiger partial charge in [-0.3, -0.25) is 4.79 Å². The molecule has 1 aromatic carbocycles. The van der Waals surface area contributed by atoms with Crippen molar-refractivity contribution in [1.29, 1.82) is 0 Å². The van der Waals surface area contributed by atoms with Crippen LogP contribution in [0.3, 0.4) is 0 Å². The molecule has 7 heteroatoms. The zero-order valence-electron chi connectivity index (χ0n) is 14.9. The molecule has 27 heavy (non-hydrogen) atoms.